The fourth-order valence-electron chi connectivity index (χ4n) is 1.62. The molecule has 0 atom stereocenters. The maximum absolute atomic E-state index is 6.07. The Hall–Kier alpha value is 0.367. The summed E-state index contributed by atoms with van der Waals surface area (Å²) in [5, 5.41) is 0. The predicted molar refractivity (Wildman–Crippen MR) is 89.7 cm³/mol. The highest BCUT2D eigenvalue weighted by Crippen LogP contribution is 2.18. The zero-order valence-corrected chi connectivity index (χ0v) is 15.6. The lowest BCUT2D eigenvalue weighted by Crippen LogP contribution is -2.48. The molecule has 0 amide bonds. The van der Waals surface area contributed by atoms with E-state index in [1.165, 1.54) is 0 Å². The van der Waals surface area contributed by atoms with Crippen LogP contribution in [0.15, 0.2) is 0 Å². The van der Waals surface area contributed by atoms with Gasteiger partial charge in [-0.2, -0.15) is 12.6 Å². The highest BCUT2D eigenvalue weighted by atomic mass is 32.1. The van der Waals surface area contributed by atoms with Gasteiger partial charge in [0, 0.05) is 25.7 Å². The first-order valence-corrected chi connectivity index (χ1v) is 9.84. The van der Waals surface area contributed by atoms with Crippen LogP contribution in [0.25, 0.3) is 0 Å². The molecular formula is C13H32N2O3SSi. The summed E-state index contributed by atoms with van der Waals surface area (Å²) in [7, 11) is 5.59. The van der Waals surface area contributed by atoms with Crippen molar-refractivity contribution in [1.82, 2.24) is 9.80 Å². The summed E-state index contributed by atoms with van der Waals surface area (Å²) in [5.41, 5.74) is 0. The van der Waals surface area contributed by atoms with Gasteiger partial charge in [0.2, 0.25) is 0 Å². The Balaban J connectivity index is 4.47. The lowest BCUT2D eigenvalue weighted by atomic mass is 10.6. The summed E-state index contributed by atoms with van der Waals surface area (Å²) < 4.78 is 18.0. The zero-order chi connectivity index (χ0) is 15.4. The average molecular weight is 325 g/mol. The second-order valence-corrected chi connectivity index (χ2v) is 8.43. The Kier molecular flexibility index (Phi) is 12.2. The second kappa shape index (κ2) is 12.0. The molecule has 0 aliphatic rings. The van der Waals surface area contributed by atoms with Crippen molar-refractivity contribution in [2.24, 2.45) is 0 Å². The van der Waals surface area contributed by atoms with Gasteiger partial charge < -0.3 is 23.1 Å². The third-order valence-electron chi connectivity index (χ3n) is 2.73. The Morgan fingerprint density at radius 1 is 0.900 bits per heavy atom. The molecule has 122 valence electrons. The predicted octanol–water partition coefficient (Wildman–Crippen LogP) is 1.44. The third-order valence-corrected chi connectivity index (χ3v) is 6.02. The van der Waals surface area contributed by atoms with E-state index in [9.17, 15) is 0 Å². The van der Waals surface area contributed by atoms with E-state index in [0.29, 0.717) is 19.8 Å². The van der Waals surface area contributed by atoms with Crippen LogP contribution >= 0.6 is 12.6 Å². The Morgan fingerprint density at radius 2 is 1.40 bits per heavy atom. The van der Waals surface area contributed by atoms with E-state index in [1.54, 1.807) is 0 Å². The van der Waals surface area contributed by atoms with Gasteiger partial charge in [-0.3, -0.25) is 0 Å². The fourth-order valence-corrected chi connectivity index (χ4v) is 4.62. The van der Waals surface area contributed by atoms with Gasteiger partial charge in [-0.25, -0.2) is 0 Å². The average Bonchev–Trinajstić information content (AvgIpc) is 2.35. The zero-order valence-electron chi connectivity index (χ0n) is 13.7. The van der Waals surface area contributed by atoms with Gasteiger partial charge in [0.25, 0.3) is 0 Å². The van der Waals surface area contributed by atoms with E-state index < -0.39 is 8.80 Å². The molecule has 0 fully saturated rings. The van der Waals surface area contributed by atoms with E-state index >= 15 is 0 Å². The largest absolute Gasteiger partial charge is 0.501 e. The maximum Gasteiger partial charge on any atom is 0.501 e. The molecule has 0 heterocycles. The van der Waals surface area contributed by atoms with E-state index in [4.69, 9.17) is 13.3 Å². The van der Waals surface area contributed by atoms with Crippen molar-refractivity contribution in [2.45, 2.75) is 19.4 Å². The molecule has 0 unspecified atom stereocenters. The molecule has 0 spiro atoms. The topological polar surface area (TPSA) is 34.2 Å². The van der Waals surface area contributed by atoms with E-state index in [1.807, 2.05) is 35.1 Å². The van der Waals surface area contributed by atoms with Gasteiger partial charge in [-0.15, -0.1) is 0 Å². The van der Waals surface area contributed by atoms with Crippen molar-refractivity contribution in [3.8, 4) is 0 Å². The highest BCUT2D eigenvalue weighted by molar-refractivity contribution is 7.80. The molecule has 7 heteroatoms. The molecule has 20 heavy (non-hydrogen) atoms. The van der Waals surface area contributed by atoms with E-state index in [0.717, 1.165) is 31.3 Å². The molecule has 5 nitrogen and oxygen atoms in total. The summed E-state index contributed by atoms with van der Waals surface area (Å²) in [6, 6.07) is 0.838. The number of hydrogen-bond acceptors (Lipinski definition) is 6. The van der Waals surface area contributed by atoms with Gasteiger partial charge in [0.1, 0.15) is 0 Å². The normalized spacial score (nSPS) is 12.6. The highest BCUT2D eigenvalue weighted by Gasteiger charge is 2.40. The van der Waals surface area contributed by atoms with Crippen LogP contribution in [0.5, 0.6) is 0 Å². The van der Waals surface area contributed by atoms with Crippen LogP contribution in [0.4, 0.5) is 0 Å². The van der Waals surface area contributed by atoms with Crippen LogP contribution in [0.1, 0.15) is 13.3 Å². The van der Waals surface area contributed by atoms with Crippen molar-refractivity contribution in [2.75, 3.05) is 66.9 Å². The number of nitrogens with zero attached hydrogens (tertiary/aromatic N) is 2. The minimum atomic E-state index is -2.55. The monoisotopic (exact) mass is 324 g/mol. The molecule has 0 aromatic rings. The van der Waals surface area contributed by atoms with Crippen molar-refractivity contribution < 1.29 is 13.3 Å². The summed E-state index contributed by atoms with van der Waals surface area (Å²) >= 11 is 4.29. The summed E-state index contributed by atoms with van der Waals surface area (Å²) in [4.78, 5) is 4.20. The molecule has 0 saturated carbocycles. The van der Waals surface area contributed by atoms with Crippen molar-refractivity contribution in [1.29, 1.82) is 0 Å². The molecule has 0 bridgehead atoms. The van der Waals surface area contributed by atoms with Gasteiger partial charge in [-0.05, 0) is 47.3 Å². The fraction of sp³-hybridized carbons (Fsp3) is 1.00. The molecule has 0 aliphatic heterocycles. The van der Waals surface area contributed by atoms with E-state index in [2.05, 4.69) is 22.4 Å². The number of hydrogen-bond donors (Lipinski definition) is 1. The van der Waals surface area contributed by atoms with Crippen molar-refractivity contribution >= 4 is 21.4 Å². The molecule has 0 aromatic heterocycles. The van der Waals surface area contributed by atoms with Crippen LogP contribution in [0.3, 0.4) is 0 Å². The third kappa shape index (κ3) is 10.1. The number of thiol groups is 1. The SMILES string of the molecule is CCO[Si](CCCS)(OCCN(C)C)OCCN(C)C. The van der Waals surface area contributed by atoms with Gasteiger partial charge in [0.05, 0.1) is 13.2 Å². The smallest absolute Gasteiger partial charge is 0.374 e. The first-order valence-electron chi connectivity index (χ1n) is 7.28. The minimum Gasteiger partial charge on any atom is -0.374 e. The van der Waals surface area contributed by atoms with Gasteiger partial charge in [0.15, 0.2) is 0 Å². The summed E-state index contributed by atoms with van der Waals surface area (Å²) in [5.74, 6) is 0.829. The molecule has 0 aromatic carbocycles. The number of rotatable bonds is 13. The van der Waals surface area contributed by atoms with Crippen molar-refractivity contribution in [3.05, 3.63) is 0 Å². The Morgan fingerprint density at radius 3 is 1.75 bits per heavy atom. The summed E-state index contributed by atoms with van der Waals surface area (Å²) in [6.07, 6.45) is 0.958. The maximum atomic E-state index is 6.07. The second-order valence-electron chi connectivity index (χ2n) is 5.25. The van der Waals surface area contributed by atoms with Crippen LogP contribution in [-0.4, -0.2) is 85.5 Å². The van der Waals surface area contributed by atoms with E-state index in [-0.39, 0.29) is 0 Å². The molecule has 0 N–H and O–H groups in total. The molecule has 0 rings (SSSR count). The Labute approximate surface area is 131 Å². The molecule has 0 aliphatic carbocycles. The lowest BCUT2D eigenvalue weighted by molar-refractivity contribution is 0.0543. The van der Waals surface area contributed by atoms with Crippen molar-refractivity contribution in [3.63, 3.8) is 0 Å². The van der Waals surface area contributed by atoms with Crippen LogP contribution in [0, 0.1) is 0 Å². The summed E-state index contributed by atoms with van der Waals surface area (Å²) in [6.45, 7) is 5.66. The van der Waals surface area contributed by atoms with Crippen LogP contribution in [-0.2, 0) is 13.3 Å². The van der Waals surface area contributed by atoms with Crippen LogP contribution in [0.2, 0.25) is 6.04 Å². The quantitative estimate of drug-likeness (QED) is 0.410. The lowest BCUT2D eigenvalue weighted by Gasteiger charge is -2.30. The Bertz CT molecular complexity index is 220. The first-order chi connectivity index (χ1) is 9.45. The van der Waals surface area contributed by atoms with Gasteiger partial charge >= 0.3 is 8.80 Å². The van der Waals surface area contributed by atoms with Crippen LogP contribution < -0.4 is 0 Å². The molecule has 0 saturated heterocycles. The molecule has 0 radical (unpaired) electrons. The molecular weight excluding hydrogens is 292 g/mol. The first kappa shape index (κ1) is 20.4. The number of likely N-dealkylation sites (N-methyl/N-ethyl adjacent to an activating group) is 2. The minimum absolute atomic E-state index is 0.628. The van der Waals surface area contributed by atoms with Gasteiger partial charge in [-0.1, -0.05) is 0 Å². The standard InChI is InChI=1S/C13H32N2O3SSi/c1-6-16-20(13-7-12-19,17-10-8-14(2)3)18-11-9-15(4)5/h19H,6-13H2,1-5H3.